The molecule has 3 heterocycles. The van der Waals surface area contributed by atoms with Gasteiger partial charge in [0.2, 0.25) is 5.91 Å². The van der Waals surface area contributed by atoms with E-state index in [0.717, 1.165) is 0 Å². The maximum atomic E-state index is 13.2. The van der Waals surface area contributed by atoms with Gasteiger partial charge in [0.1, 0.15) is 17.9 Å². The molecule has 1 aromatic rings. The summed E-state index contributed by atoms with van der Waals surface area (Å²) in [5, 5.41) is 9.92. The van der Waals surface area contributed by atoms with Crippen LogP contribution < -0.4 is 4.74 Å². The van der Waals surface area contributed by atoms with E-state index in [0.29, 0.717) is 63.4 Å². The normalized spacial score (nSPS) is 27.1. The molecule has 7 nitrogen and oxygen atoms in total. The molecule has 1 aromatic carbocycles. The number of hydrogen-bond donors (Lipinski definition) is 1. The number of para-hydroxylation sites is 1. The van der Waals surface area contributed by atoms with Crippen LogP contribution >= 0.6 is 0 Å². The lowest BCUT2D eigenvalue weighted by molar-refractivity contribution is -0.136. The average Bonchev–Trinajstić information content (AvgIpc) is 2.80. The minimum atomic E-state index is -0.522. The predicted molar refractivity (Wildman–Crippen MR) is 102 cm³/mol. The standard InChI is InChI=1S/C21H28N2O5/c1-15-12-22(9-6-17(15)24)19(25)13-23-14-21(7-10-27-11-8-21)28-18-5-3-2-4-16(18)20(23)26/h2-5,15,17,24H,6-14H2,1H3. The molecule has 0 bridgehead atoms. The summed E-state index contributed by atoms with van der Waals surface area (Å²) >= 11 is 0. The van der Waals surface area contributed by atoms with Crippen LogP contribution in [0.15, 0.2) is 24.3 Å². The highest BCUT2D eigenvalue weighted by atomic mass is 16.5. The Kier molecular flexibility index (Phi) is 5.29. The fourth-order valence-electron chi connectivity index (χ4n) is 4.34. The van der Waals surface area contributed by atoms with Gasteiger partial charge in [-0.3, -0.25) is 9.59 Å². The lowest BCUT2D eigenvalue weighted by atomic mass is 9.93. The number of likely N-dealkylation sites (tertiary alicyclic amines) is 1. The van der Waals surface area contributed by atoms with Crippen LogP contribution in [0.2, 0.25) is 0 Å². The Morgan fingerprint density at radius 3 is 2.79 bits per heavy atom. The second-order valence-electron chi connectivity index (χ2n) is 8.23. The van der Waals surface area contributed by atoms with Crippen LogP contribution in [0, 0.1) is 5.92 Å². The lowest BCUT2D eigenvalue weighted by Gasteiger charge is -2.39. The number of nitrogens with zero attached hydrogens (tertiary/aromatic N) is 2. The van der Waals surface area contributed by atoms with Crippen LogP contribution in [0.4, 0.5) is 0 Å². The second-order valence-corrected chi connectivity index (χ2v) is 8.23. The molecule has 2 fully saturated rings. The number of benzene rings is 1. The molecule has 7 heteroatoms. The maximum Gasteiger partial charge on any atom is 0.258 e. The number of amides is 2. The monoisotopic (exact) mass is 388 g/mol. The smallest absolute Gasteiger partial charge is 0.258 e. The van der Waals surface area contributed by atoms with Crippen LogP contribution in [0.5, 0.6) is 5.75 Å². The minimum absolute atomic E-state index is 0.0297. The van der Waals surface area contributed by atoms with Gasteiger partial charge < -0.3 is 24.4 Å². The van der Waals surface area contributed by atoms with E-state index in [4.69, 9.17) is 9.47 Å². The van der Waals surface area contributed by atoms with Crippen molar-refractivity contribution in [1.29, 1.82) is 0 Å². The van der Waals surface area contributed by atoms with Crippen LogP contribution in [-0.2, 0) is 9.53 Å². The minimum Gasteiger partial charge on any atom is -0.484 e. The SMILES string of the molecule is CC1CN(C(=O)CN2CC3(CCOCC3)Oc3ccccc3C2=O)CCC1O. The zero-order chi connectivity index (χ0) is 19.7. The van der Waals surface area contributed by atoms with Gasteiger partial charge in [0.05, 0.1) is 31.4 Å². The number of piperidine rings is 1. The molecule has 0 aliphatic carbocycles. The summed E-state index contributed by atoms with van der Waals surface area (Å²) in [7, 11) is 0. The van der Waals surface area contributed by atoms with Crippen LogP contribution in [-0.4, -0.2) is 77.8 Å². The Balaban J connectivity index is 1.56. The number of carbonyl (C=O) groups is 2. The number of fused-ring (bicyclic) bond motifs is 1. The molecule has 2 atom stereocenters. The molecule has 152 valence electrons. The largest absolute Gasteiger partial charge is 0.484 e. The summed E-state index contributed by atoms with van der Waals surface area (Å²) in [5.74, 6) is 0.383. The van der Waals surface area contributed by atoms with Crippen molar-refractivity contribution in [2.45, 2.75) is 37.9 Å². The van der Waals surface area contributed by atoms with Crippen molar-refractivity contribution in [2.24, 2.45) is 5.92 Å². The maximum absolute atomic E-state index is 13.2. The van der Waals surface area contributed by atoms with Crippen molar-refractivity contribution in [2.75, 3.05) is 39.4 Å². The zero-order valence-corrected chi connectivity index (χ0v) is 16.3. The summed E-state index contributed by atoms with van der Waals surface area (Å²) in [6, 6.07) is 7.26. The topological polar surface area (TPSA) is 79.3 Å². The van der Waals surface area contributed by atoms with Crippen molar-refractivity contribution < 1.29 is 24.2 Å². The lowest BCUT2D eigenvalue weighted by Crippen LogP contribution is -2.54. The molecule has 4 rings (SSSR count). The molecule has 0 saturated carbocycles. The third-order valence-corrected chi connectivity index (χ3v) is 6.15. The molecule has 2 saturated heterocycles. The number of hydrogen-bond acceptors (Lipinski definition) is 5. The number of rotatable bonds is 2. The van der Waals surface area contributed by atoms with Gasteiger partial charge >= 0.3 is 0 Å². The van der Waals surface area contributed by atoms with Crippen molar-refractivity contribution in [3.63, 3.8) is 0 Å². The van der Waals surface area contributed by atoms with Crippen molar-refractivity contribution in [1.82, 2.24) is 9.80 Å². The van der Waals surface area contributed by atoms with Crippen LogP contribution in [0.3, 0.4) is 0 Å². The van der Waals surface area contributed by atoms with Gasteiger partial charge in [-0.05, 0) is 24.5 Å². The number of aliphatic hydroxyl groups excluding tert-OH is 1. The van der Waals surface area contributed by atoms with E-state index < -0.39 is 5.60 Å². The first-order valence-electron chi connectivity index (χ1n) is 10.1. The van der Waals surface area contributed by atoms with Gasteiger partial charge in [-0.15, -0.1) is 0 Å². The van der Waals surface area contributed by atoms with Crippen molar-refractivity contribution >= 4 is 11.8 Å². The molecule has 2 unspecified atom stereocenters. The molecule has 3 aliphatic rings. The highest BCUT2D eigenvalue weighted by molar-refractivity contribution is 5.99. The molecule has 28 heavy (non-hydrogen) atoms. The summed E-state index contributed by atoms with van der Waals surface area (Å²) < 4.78 is 11.8. The van der Waals surface area contributed by atoms with E-state index in [2.05, 4.69) is 0 Å². The van der Waals surface area contributed by atoms with E-state index in [1.807, 2.05) is 25.1 Å². The third kappa shape index (κ3) is 3.73. The Morgan fingerprint density at radius 1 is 1.29 bits per heavy atom. The predicted octanol–water partition coefficient (Wildman–Crippen LogP) is 1.30. The third-order valence-electron chi connectivity index (χ3n) is 6.15. The van der Waals surface area contributed by atoms with E-state index in [1.54, 1.807) is 15.9 Å². The molecule has 1 N–H and O–H groups in total. The molecule has 1 spiro atoms. The van der Waals surface area contributed by atoms with Crippen molar-refractivity contribution in [3.8, 4) is 5.75 Å². The van der Waals surface area contributed by atoms with Gasteiger partial charge in [0.15, 0.2) is 0 Å². The van der Waals surface area contributed by atoms with Gasteiger partial charge in [-0.25, -0.2) is 0 Å². The second kappa shape index (κ2) is 7.72. The number of ether oxygens (including phenoxy) is 2. The summed E-state index contributed by atoms with van der Waals surface area (Å²) in [6.45, 7) is 4.57. The van der Waals surface area contributed by atoms with E-state index in [9.17, 15) is 14.7 Å². The number of aliphatic hydroxyl groups is 1. The zero-order valence-electron chi connectivity index (χ0n) is 16.3. The molecular weight excluding hydrogens is 360 g/mol. The van der Waals surface area contributed by atoms with Gasteiger partial charge in [0, 0.05) is 25.9 Å². The van der Waals surface area contributed by atoms with Gasteiger partial charge in [-0.1, -0.05) is 19.1 Å². The van der Waals surface area contributed by atoms with E-state index in [-0.39, 0.29) is 30.4 Å². The summed E-state index contributed by atoms with van der Waals surface area (Å²) in [6.07, 6.45) is 1.58. The van der Waals surface area contributed by atoms with Crippen LogP contribution in [0.1, 0.15) is 36.5 Å². The van der Waals surface area contributed by atoms with Gasteiger partial charge in [-0.2, -0.15) is 0 Å². The first-order chi connectivity index (χ1) is 13.5. The Bertz CT molecular complexity index is 746. The Labute approximate surface area is 165 Å². The highest BCUT2D eigenvalue weighted by Crippen LogP contribution is 2.35. The first kappa shape index (κ1) is 19.2. The summed E-state index contributed by atoms with van der Waals surface area (Å²) in [4.78, 5) is 29.5. The molecule has 0 aromatic heterocycles. The van der Waals surface area contributed by atoms with Crippen LogP contribution in [0.25, 0.3) is 0 Å². The quantitative estimate of drug-likeness (QED) is 0.826. The Hall–Kier alpha value is -2.12. The molecular formula is C21H28N2O5. The fraction of sp³-hybridized carbons (Fsp3) is 0.619. The van der Waals surface area contributed by atoms with E-state index >= 15 is 0 Å². The average molecular weight is 388 g/mol. The van der Waals surface area contributed by atoms with Gasteiger partial charge in [0.25, 0.3) is 5.91 Å². The molecule has 2 amide bonds. The number of carbonyl (C=O) groups excluding carboxylic acids is 2. The molecule has 3 aliphatic heterocycles. The van der Waals surface area contributed by atoms with Crippen molar-refractivity contribution in [3.05, 3.63) is 29.8 Å². The molecule has 0 radical (unpaired) electrons. The summed E-state index contributed by atoms with van der Waals surface area (Å²) in [5.41, 5.74) is -0.0206. The Morgan fingerprint density at radius 2 is 2.04 bits per heavy atom. The first-order valence-corrected chi connectivity index (χ1v) is 10.1. The fourth-order valence-corrected chi connectivity index (χ4v) is 4.34. The van der Waals surface area contributed by atoms with E-state index in [1.165, 1.54) is 0 Å². The highest BCUT2D eigenvalue weighted by Gasteiger charge is 2.42.